The number of nitrogen functional groups attached to an aromatic ring is 1. The number of nitrogens with zero attached hydrogens (tertiary/aromatic N) is 2. The highest BCUT2D eigenvalue weighted by atomic mass is 35.5. The second-order valence-electron chi connectivity index (χ2n) is 3.61. The van der Waals surface area contributed by atoms with Crippen LogP contribution in [0.3, 0.4) is 0 Å². The minimum atomic E-state index is -1.06. The molecule has 0 bridgehead atoms. The Morgan fingerprint density at radius 1 is 1.30 bits per heavy atom. The lowest BCUT2D eigenvalue weighted by atomic mass is 10.3. The maximum atomic E-state index is 13.4. The molecule has 0 atom stereocenters. The van der Waals surface area contributed by atoms with Gasteiger partial charge in [-0.15, -0.1) is 0 Å². The predicted molar refractivity (Wildman–Crippen MR) is 66.7 cm³/mol. The summed E-state index contributed by atoms with van der Waals surface area (Å²) in [6, 6.07) is 3.91. The third kappa shape index (κ3) is 2.75. The highest BCUT2D eigenvalue weighted by Crippen LogP contribution is 2.31. The van der Waals surface area contributed by atoms with Gasteiger partial charge in [0.1, 0.15) is 10.8 Å². The van der Waals surface area contributed by atoms with Crippen molar-refractivity contribution in [3.8, 4) is 11.6 Å². The molecular formula is C11H6ClF2N3O3. The van der Waals surface area contributed by atoms with Gasteiger partial charge in [-0.1, -0.05) is 11.6 Å². The molecule has 2 N–H and O–H groups in total. The first-order chi connectivity index (χ1) is 9.38. The van der Waals surface area contributed by atoms with Crippen LogP contribution in [0.2, 0.25) is 5.02 Å². The van der Waals surface area contributed by atoms with Crippen molar-refractivity contribution in [2.75, 3.05) is 5.73 Å². The summed E-state index contributed by atoms with van der Waals surface area (Å²) in [4.78, 5) is 13.3. The zero-order chi connectivity index (χ0) is 14.9. The topological polar surface area (TPSA) is 91.3 Å². The highest BCUT2D eigenvalue weighted by molar-refractivity contribution is 6.32. The number of halogens is 3. The SMILES string of the molecule is Nc1nc(Oc2ccc([N+](=O)[O-])c(Cl)c2)c(F)cc1F. The fourth-order valence-corrected chi connectivity index (χ4v) is 1.59. The molecule has 6 nitrogen and oxygen atoms in total. The molecule has 1 heterocycles. The molecule has 0 radical (unpaired) electrons. The molecule has 0 aliphatic rings. The van der Waals surface area contributed by atoms with Crippen LogP contribution in [0.4, 0.5) is 20.3 Å². The lowest BCUT2D eigenvalue weighted by molar-refractivity contribution is -0.384. The Hall–Kier alpha value is -2.48. The van der Waals surface area contributed by atoms with E-state index in [1.54, 1.807) is 0 Å². The smallest absolute Gasteiger partial charge is 0.288 e. The largest absolute Gasteiger partial charge is 0.436 e. The van der Waals surface area contributed by atoms with Crippen molar-refractivity contribution in [3.05, 3.63) is 51.0 Å². The second kappa shape index (κ2) is 5.25. The first kappa shape index (κ1) is 13.9. The van der Waals surface area contributed by atoms with Gasteiger partial charge in [0.2, 0.25) is 0 Å². The Morgan fingerprint density at radius 2 is 2.00 bits per heavy atom. The number of aromatic nitrogens is 1. The number of nitro groups is 1. The van der Waals surface area contributed by atoms with Crippen LogP contribution in [0.1, 0.15) is 0 Å². The third-order valence-electron chi connectivity index (χ3n) is 2.25. The summed E-state index contributed by atoms with van der Waals surface area (Å²) < 4.78 is 31.3. The van der Waals surface area contributed by atoms with Crippen molar-refractivity contribution in [1.82, 2.24) is 4.98 Å². The second-order valence-corrected chi connectivity index (χ2v) is 4.02. The lowest BCUT2D eigenvalue weighted by Crippen LogP contribution is -2.00. The van der Waals surface area contributed by atoms with Gasteiger partial charge in [-0.3, -0.25) is 10.1 Å². The van der Waals surface area contributed by atoms with Gasteiger partial charge in [0.05, 0.1) is 4.92 Å². The minimum Gasteiger partial charge on any atom is -0.436 e. The third-order valence-corrected chi connectivity index (χ3v) is 2.56. The van der Waals surface area contributed by atoms with Gasteiger partial charge in [-0.05, 0) is 6.07 Å². The Labute approximate surface area is 115 Å². The minimum absolute atomic E-state index is 0.00184. The number of hydrogen-bond acceptors (Lipinski definition) is 5. The van der Waals surface area contributed by atoms with Gasteiger partial charge in [0, 0.05) is 18.2 Å². The summed E-state index contributed by atoms with van der Waals surface area (Å²) in [6.45, 7) is 0. The van der Waals surface area contributed by atoms with Crippen molar-refractivity contribution < 1.29 is 18.4 Å². The molecule has 104 valence electrons. The molecule has 0 spiro atoms. The van der Waals surface area contributed by atoms with Gasteiger partial charge < -0.3 is 10.5 Å². The molecule has 2 aromatic rings. The zero-order valence-electron chi connectivity index (χ0n) is 9.64. The van der Waals surface area contributed by atoms with E-state index in [1.807, 2.05) is 0 Å². The summed E-state index contributed by atoms with van der Waals surface area (Å²) in [6.07, 6.45) is 0. The van der Waals surface area contributed by atoms with Crippen molar-refractivity contribution >= 4 is 23.1 Å². The van der Waals surface area contributed by atoms with Crippen molar-refractivity contribution in [2.45, 2.75) is 0 Å². The maximum absolute atomic E-state index is 13.4. The van der Waals surface area contributed by atoms with Crippen LogP contribution in [0.5, 0.6) is 11.6 Å². The first-order valence-corrected chi connectivity index (χ1v) is 5.49. The van der Waals surface area contributed by atoms with Gasteiger partial charge in [-0.2, -0.15) is 4.98 Å². The molecule has 0 saturated carbocycles. The molecule has 0 amide bonds. The molecule has 0 fully saturated rings. The Kier molecular flexibility index (Phi) is 3.66. The number of nitrogens with two attached hydrogens (primary N) is 1. The summed E-state index contributed by atoms with van der Waals surface area (Å²) in [5.41, 5.74) is 4.86. The zero-order valence-corrected chi connectivity index (χ0v) is 10.4. The standard InChI is InChI=1S/C11H6ClF2N3O3/c12-6-3-5(1-2-9(6)17(18)19)20-11-8(14)4-7(13)10(15)16-11/h1-4H,(H2,15,16). The molecule has 1 aromatic heterocycles. The number of benzene rings is 1. The fourth-order valence-electron chi connectivity index (χ4n) is 1.35. The molecule has 2 rings (SSSR count). The van der Waals surface area contributed by atoms with E-state index in [1.165, 1.54) is 6.07 Å². The molecular weight excluding hydrogens is 296 g/mol. The van der Waals surface area contributed by atoms with Crippen LogP contribution in [0, 0.1) is 21.7 Å². The maximum Gasteiger partial charge on any atom is 0.288 e. The Bertz CT molecular complexity index is 697. The van der Waals surface area contributed by atoms with Crippen LogP contribution < -0.4 is 10.5 Å². The normalized spacial score (nSPS) is 10.3. The summed E-state index contributed by atoms with van der Waals surface area (Å²) >= 11 is 5.67. The molecule has 9 heteroatoms. The molecule has 0 aliphatic heterocycles. The number of nitro benzene ring substituents is 1. The van der Waals surface area contributed by atoms with E-state index in [0.29, 0.717) is 6.07 Å². The fraction of sp³-hybridized carbons (Fsp3) is 0. The highest BCUT2D eigenvalue weighted by Gasteiger charge is 2.15. The van der Waals surface area contributed by atoms with E-state index in [4.69, 9.17) is 22.1 Å². The molecule has 0 aliphatic carbocycles. The van der Waals surface area contributed by atoms with Gasteiger partial charge in [-0.25, -0.2) is 8.78 Å². The first-order valence-electron chi connectivity index (χ1n) is 5.12. The van der Waals surface area contributed by atoms with Crippen LogP contribution in [0.25, 0.3) is 0 Å². The summed E-state index contributed by atoms with van der Waals surface area (Å²) in [5, 5.41) is 10.4. The van der Waals surface area contributed by atoms with E-state index < -0.39 is 28.3 Å². The van der Waals surface area contributed by atoms with Crippen LogP contribution >= 0.6 is 11.6 Å². The number of rotatable bonds is 3. The average Bonchev–Trinajstić information content (AvgIpc) is 2.35. The quantitative estimate of drug-likeness (QED) is 0.693. The van der Waals surface area contributed by atoms with Crippen molar-refractivity contribution in [1.29, 1.82) is 0 Å². The van der Waals surface area contributed by atoms with Gasteiger partial charge in [0.25, 0.3) is 11.6 Å². The van der Waals surface area contributed by atoms with Crippen molar-refractivity contribution in [3.63, 3.8) is 0 Å². The Balaban J connectivity index is 2.33. The molecule has 20 heavy (non-hydrogen) atoms. The van der Waals surface area contributed by atoms with E-state index in [2.05, 4.69) is 4.98 Å². The summed E-state index contributed by atoms with van der Waals surface area (Å²) in [5.74, 6) is -3.18. The lowest BCUT2D eigenvalue weighted by Gasteiger charge is -2.07. The van der Waals surface area contributed by atoms with E-state index in [0.717, 1.165) is 12.1 Å². The van der Waals surface area contributed by atoms with E-state index >= 15 is 0 Å². The molecule has 0 unspecified atom stereocenters. The Morgan fingerprint density at radius 3 is 2.60 bits per heavy atom. The molecule has 1 aromatic carbocycles. The monoisotopic (exact) mass is 301 g/mol. The number of ether oxygens (including phenoxy) is 1. The van der Waals surface area contributed by atoms with Gasteiger partial charge in [0.15, 0.2) is 17.5 Å². The van der Waals surface area contributed by atoms with Crippen LogP contribution in [-0.4, -0.2) is 9.91 Å². The number of anilines is 1. The van der Waals surface area contributed by atoms with Crippen LogP contribution in [-0.2, 0) is 0 Å². The van der Waals surface area contributed by atoms with E-state index in [-0.39, 0.29) is 16.5 Å². The number of hydrogen-bond donors (Lipinski definition) is 1. The van der Waals surface area contributed by atoms with E-state index in [9.17, 15) is 18.9 Å². The molecule has 0 saturated heterocycles. The van der Waals surface area contributed by atoms with Crippen LogP contribution in [0.15, 0.2) is 24.3 Å². The number of pyridine rings is 1. The van der Waals surface area contributed by atoms with Gasteiger partial charge >= 0.3 is 0 Å². The predicted octanol–water partition coefficient (Wildman–Crippen LogP) is 3.30. The average molecular weight is 302 g/mol. The summed E-state index contributed by atoms with van der Waals surface area (Å²) in [7, 11) is 0. The van der Waals surface area contributed by atoms with Crippen molar-refractivity contribution in [2.24, 2.45) is 0 Å².